The van der Waals surface area contributed by atoms with Gasteiger partial charge < -0.3 is 14.4 Å². The Labute approximate surface area is 125 Å². The summed E-state index contributed by atoms with van der Waals surface area (Å²) in [5, 5.41) is 7.13. The first kappa shape index (κ1) is 16.0. The van der Waals surface area contributed by atoms with Gasteiger partial charge in [0.2, 0.25) is 5.91 Å². The molecule has 1 saturated heterocycles. The van der Waals surface area contributed by atoms with Crippen molar-refractivity contribution in [3.8, 4) is 0 Å². The summed E-state index contributed by atoms with van der Waals surface area (Å²) in [6.07, 6.45) is 2.19. The summed E-state index contributed by atoms with van der Waals surface area (Å²) in [6, 6.07) is 0.124. The predicted octanol–water partition coefficient (Wildman–Crippen LogP) is 1.22. The Morgan fingerprint density at radius 2 is 2.19 bits per heavy atom. The van der Waals surface area contributed by atoms with Crippen LogP contribution in [0.25, 0.3) is 0 Å². The van der Waals surface area contributed by atoms with E-state index < -0.39 is 0 Å². The molecule has 0 saturated carbocycles. The number of nitrogens with zero attached hydrogens (tertiary/aromatic N) is 2. The molecule has 1 aromatic heterocycles. The van der Waals surface area contributed by atoms with Crippen LogP contribution in [0.3, 0.4) is 0 Å². The molecule has 2 rings (SSSR count). The summed E-state index contributed by atoms with van der Waals surface area (Å²) in [7, 11) is 3.36. The number of carbonyl (C=O) groups is 1. The number of nitrogens with one attached hydrogen (secondary N) is 1. The van der Waals surface area contributed by atoms with E-state index in [1.54, 1.807) is 14.2 Å². The lowest BCUT2D eigenvalue weighted by atomic mass is 10.1. The zero-order valence-corrected chi connectivity index (χ0v) is 13.3. The third kappa shape index (κ3) is 3.63. The largest absolute Gasteiger partial charge is 0.383 e. The lowest BCUT2D eigenvalue weighted by Gasteiger charge is -2.23. The predicted molar refractivity (Wildman–Crippen MR) is 79.2 cm³/mol. The van der Waals surface area contributed by atoms with Crippen molar-refractivity contribution in [1.29, 1.82) is 0 Å². The Morgan fingerprint density at radius 1 is 1.43 bits per heavy atom. The normalized spacial score (nSPS) is 22.0. The number of likely N-dealkylation sites (tertiary alicyclic amines) is 1. The third-order valence-corrected chi connectivity index (χ3v) is 4.26. The fourth-order valence-corrected chi connectivity index (χ4v) is 3.02. The van der Waals surface area contributed by atoms with E-state index in [1.165, 1.54) is 0 Å². The van der Waals surface area contributed by atoms with Gasteiger partial charge in [0.25, 0.3) is 0 Å². The molecule has 1 aliphatic rings. The molecule has 2 heterocycles. The maximum atomic E-state index is 12.5. The molecular formula is C15H25N3O3. The molecule has 6 nitrogen and oxygen atoms in total. The number of carbonyl (C=O) groups excluding carboxylic acids is 1. The van der Waals surface area contributed by atoms with Gasteiger partial charge in [-0.05, 0) is 32.3 Å². The molecule has 118 valence electrons. The van der Waals surface area contributed by atoms with Crippen LogP contribution in [0.2, 0.25) is 0 Å². The number of amides is 1. The second kappa shape index (κ2) is 7.04. The molecule has 1 fully saturated rings. The molecule has 21 heavy (non-hydrogen) atoms. The summed E-state index contributed by atoms with van der Waals surface area (Å²) in [5.41, 5.74) is 3.17. The van der Waals surface area contributed by atoms with Crippen LogP contribution in [0.1, 0.15) is 29.8 Å². The van der Waals surface area contributed by atoms with Crippen LogP contribution in [0, 0.1) is 13.8 Å². The minimum atomic E-state index is 0.117. The van der Waals surface area contributed by atoms with Crippen molar-refractivity contribution in [2.75, 3.05) is 27.4 Å². The average Bonchev–Trinajstić information content (AvgIpc) is 3.01. The first-order valence-electron chi connectivity index (χ1n) is 7.38. The molecule has 1 N–H and O–H groups in total. The van der Waals surface area contributed by atoms with Gasteiger partial charge >= 0.3 is 0 Å². The lowest BCUT2D eigenvalue weighted by molar-refractivity contribution is -0.133. The van der Waals surface area contributed by atoms with Crippen LogP contribution in [0.15, 0.2) is 0 Å². The number of methoxy groups -OCH3 is 2. The minimum absolute atomic E-state index is 0.117. The van der Waals surface area contributed by atoms with Crippen molar-refractivity contribution in [2.24, 2.45) is 0 Å². The SMILES string of the molecule is COC[C@@H]1C[C@H](OC)CN1C(=O)CCc1c(C)n[nH]c1C. The van der Waals surface area contributed by atoms with Crippen molar-refractivity contribution in [3.05, 3.63) is 17.0 Å². The number of hydrogen-bond donors (Lipinski definition) is 1. The maximum absolute atomic E-state index is 12.5. The van der Waals surface area contributed by atoms with Gasteiger partial charge in [-0.3, -0.25) is 9.89 Å². The van der Waals surface area contributed by atoms with Crippen LogP contribution < -0.4 is 0 Å². The highest BCUT2D eigenvalue weighted by Crippen LogP contribution is 2.22. The van der Waals surface area contributed by atoms with E-state index in [4.69, 9.17) is 9.47 Å². The van der Waals surface area contributed by atoms with E-state index in [0.717, 1.165) is 29.8 Å². The Bertz CT molecular complexity index is 467. The number of ether oxygens (including phenoxy) is 2. The van der Waals surface area contributed by atoms with Gasteiger partial charge in [0.05, 0.1) is 24.4 Å². The fraction of sp³-hybridized carbons (Fsp3) is 0.733. The Morgan fingerprint density at radius 3 is 2.76 bits per heavy atom. The Balaban J connectivity index is 1.95. The number of rotatable bonds is 6. The quantitative estimate of drug-likeness (QED) is 0.857. The second-order valence-electron chi connectivity index (χ2n) is 5.66. The number of aromatic nitrogens is 2. The molecule has 2 atom stereocenters. The van der Waals surface area contributed by atoms with E-state index in [-0.39, 0.29) is 18.1 Å². The van der Waals surface area contributed by atoms with E-state index >= 15 is 0 Å². The van der Waals surface area contributed by atoms with Gasteiger partial charge in [0, 0.05) is 32.9 Å². The molecule has 0 spiro atoms. The summed E-state index contributed by atoms with van der Waals surface area (Å²) >= 11 is 0. The molecule has 1 amide bonds. The van der Waals surface area contributed by atoms with Crippen LogP contribution in [-0.4, -0.2) is 60.5 Å². The molecule has 0 aliphatic carbocycles. The number of aryl methyl sites for hydroxylation is 2. The summed E-state index contributed by atoms with van der Waals surface area (Å²) < 4.78 is 10.6. The molecule has 6 heteroatoms. The highest BCUT2D eigenvalue weighted by Gasteiger charge is 2.34. The van der Waals surface area contributed by atoms with E-state index in [9.17, 15) is 4.79 Å². The zero-order valence-electron chi connectivity index (χ0n) is 13.3. The van der Waals surface area contributed by atoms with Crippen molar-refractivity contribution in [3.63, 3.8) is 0 Å². The summed E-state index contributed by atoms with van der Waals surface area (Å²) in [6.45, 7) is 5.18. The molecular weight excluding hydrogens is 270 g/mol. The van der Waals surface area contributed by atoms with Crippen molar-refractivity contribution in [2.45, 2.75) is 45.3 Å². The zero-order chi connectivity index (χ0) is 15.4. The molecule has 1 aromatic rings. The standard InChI is InChI=1S/C15H25N3O3/c1-10-14(11(2)17-16-10)5-6-15(19)18-8-13(21-4)7-12(18)9-20-3/h12-13H,5-9H2,1-4H3,(H,16,17)/t12-,13-/m0/s1. The van der Waals surface area contributed by atoms with E-state index in [0.29, 0.717) is 19.6 Å². The van der Waals surface area contributed by atoms with Crippen LogP contribution in [0.4, 0.5) is 0 Å². The van der Waals surface area contributed by atoms with Gasteiger partial charge in [0.1, 0.15) is 0 Å². The van der Waals surface area contributed by atoms with E-state index in [1.807, 2.05) is 18.7 Å². The maximum Gasteiger partial charge on any atom is 0.223 e. The highest BCUT2D eigenvalue weighted by atomic mass is 16.5. The molecule has 0 aromatic carbocycles. The van der Waals surface area contributed by atoms with Gasteiger partial charge in [0.15, 0.2) is 0 Å². The van der Waals surface area contributed by atoms with Crippen LogP contribution in [-0.2, 0) is 20.7 Å². The number of H-pyrrole nitrogens is 1. The van der Waals surface area contributed by atoms with Gasteiger partial charge in [-0.15, -0.1) is 0 Å². The molecule has 0 bridgehead atoms. The third-order valence-electron chi connectivity index (χ3n) is 4.26. The monoisotopic (exact) mass is 295 g/mol. The van der Waals surface area contributed by atoms with Gasteiger partial charge in [-0.25, -0.2) is 0 Å². The van der Waals surface area contributed by atoms with Crippen molar-refractivity contribution >= 4 is 5.91 Å². The first-order valence-corrected chi connectivity index (χ1v) is 7.38. The van der Waals surface area contributed by atoms with Crippen molar-refractivity contribution in [1.82, 2.24) is 15.1 Å². The molecule has 1 aliphatic heterocycles. The number of hydrogen-bond acceptors (Lipinski definition) is 4. The van der Waals surface area contributed by atoms with Crippen molar-refractivity contribution < 1.29 is 14.3 Å². The highest BCUT2D eigenvalue weighted by molar-refractivity contribution is 5.77. The second-order valence-corrected chi connectivity index (χ2v) is 5.66. The smallest absolute Gasteiger partial charge is 0.223 e. The Kier molecular flexibility index (Phi) is 5.36. The fourth-order valence-electron chi connectivity index (χ4n) is 3.02. The number of aromatic amines is 1. The van der Waals surface area contributed by atoms with Crippen LogP contribution in [0.5, 0.6) is 0 Å². The van der Waals surface area contributed by atoms with E-state index in [2.05, 4.69) is 10.2 Å². The average molecular weight is 295 g/mol. The van der Waals surface area contributed by atoms with Crippen LogP contribution >= 0.6 is 0 Å². The Hall–Kier alpha value is -1.40. The van der Waals surface area contributed by atoms with Gasteiger partial charge in [-0.1, -0.05) is 0 Å². The minimum Gasteiger partial charge on any atom is -0.383 e. The summed E-state index contributed by atoms with van der Waals surface area (Å²) in [5.74, 6) is 0.164. The molecule has 0 radical (unpaired) electrons. The first-order chi connectivity index (χ1) is 10.1. The van der Waals surface area contributed by atoms with Gasteiger partial charge in [-0.2, -0.15) is 5.10 Å². The topological polar surface area (TPSA) is 67.5 Å². The molecule has 0 unspecified atom stereocenters. The lowest BCUT2D eigenvalue weighted by Crippen LogP contribution is -2.38. The summed E-state index contributed by atoms with van der Waals surface area (Å²) in [4.78, 5) is 14.4.